The van der Waals surface area contributed by atoms with Crippen LogP contribution in [0.5, 0.6) is 0 Å². The number of urea groups is 1. The Morgan fingerprint density at radius 1 is 1.20 bits per heavy atom. The van der Waals surface area contributed by atoms with E-state index in [1.54, 1.807) is 4.90 Å². The van der Waals surface area contributed by atoms with Crippen molar-refractivity contribution in [3.05, 3.63) is 58.5 Å². The summed E-state index contributed by atoms with van der Waals surface area (Å²) in [5, 5.41) is 12.6. The van der Waals surface area contributed by atoms with Crippen LogP contribution in [0.25, 0.3) is 0 Å². The minimum atomic E-state index is -4.94. The van der Waals surface area contributed by atoms with Gasteiger partial charge < -0.3 is 20.2 Å². The summed E-state index contributed by atoms with van der Waals surface area (Å²) in [7, 11) is 0. The number of amides is 2. The number of pyridine rings is 1. The van der Waals surface area contributed by atoms with E-state index in [4.69, 9.17) is 0 Å². The monoisotopic (exact) mass is 494 g/mol. The van der Waals surface area contributed by atoms with Crippen LogP contribution in [0.3, 0.4) is 0 Å². The lowest BCUT2D eigenvalue weighted by molar-refractivity contribution is -0.140. The first-order valence-corrected chi connectivity index (χ1v) is 11.5. The quantitative estimate of drug-likeness (QED) is 0.529. The van der Waals surface area contributed by atoms with Crippen molar-refractivity contribution in [2.45, 2.75) is 44.3 Å². The normalized spacial score (nSPS) is 16.7. The van der Waals surface area contributed by atoms with E-state index < -0.39 is 42.0 Å². The summed E-state index contributed by atoms with van der Waals surface area (Å²) in [6.07, 6.45) is -2.19. The van der Waals surface area contributed by atoms with Crippen LogP contribution in [0.2, 0.25) is 0 Å². The van der Waals surface area contributed by atoms with E-state index in [-0.39, 0.29) is 12.1 Å². The second-order valence-corrected chi connectivity index (χ2v) is 8.76. The molecular formula is C24H26F4N4O3. The van der Waals surface area contributed by atoms with Crippen molar-refractivity contribution in [3.8, 4) is 0 Å². The largest absolute Gasteiger partial charge is 0.481 e. The van der Waals surface area contributed by atoms with Gasteiger partial charge in [0.15, 0.2) is 0 Å². The Labute approximate surface area is 199 Å². The molecule has 7 nitrogen and oxygen atoms in total. The number of halogens is 4. The average Bonchev–Trinajstić information content (AvgIpc) is 3.17. The highest BCUT2D eigenvalue weighted by Crippen LogP contribution is 2.36. The summed E-state index contributed by atoms with van der Waals surface area (Å²) < 4.78 is 53.3. The van der Waals surface area contributed by atoms with Crippen molar-refractivity contribution in [1.82, 2.24) is 14.8 Å². The third-order valence-corrected chi connectivity index (χ3v) is 6.36. The molecule has 4 rings (SSSR count). The number of aliphatic carboxylic acids is 1. The number of hydrogen-bond acceptors (Lipinski definition) is 4. The summed E-state index contributed by atoms with van der Waals surface area (Å²) in [6, 6.07) is 4.79. The maximum atomic E-state index is 13.7. The molecule has 0 radical (unpaired) electrons. The van der Waals surface area contributed by atoms with E-state index in [2.05, 4.69) is 16.4 Å². The number of carbonyl (C=O) groups is 2. The second-order valence-electron chi connectivity index (χ2n) is 8.76. The fraction of sp³-hybridized carbons (Fsp3) is 0.458. The number of alkyl halides is 3. The van der Waals surface area contributed by atoms with Crippen LogP contribution in [0, 0.1) is 5.82 Å². The van der Waals surface area contributed by atoms with Crippen molar-refractivity contribution >= 4 is 17.8 Å². The van der Waals surface area contributed by atoms with Gasteiger partial charge >= 0.3 is 18.2 Å². The van der Waals surface area contributed by atoms with Gasteiger partial charge in [0.05, 0.1) is 18.0 Å². The van der Waals surface area contributed by atoms with Crippen LogP contribution >= 0.6 is 0 Å². The van der Waals surface area contributed by atoms with E-state index in [0.717, 1.165) is 37.0 Å². The molecule has 0 saturated carbocycles. The zero-order valence-corrected chi connectivity index (χ0v) is 18.9. The number of nitrogens with zero attached hydrogens (tertiary/aromatic N) is 3. The Morgan fingerprint density at radius 2 is 2.00 bits per heavy atom. The summed E-state index contributed by atoms with van der Waals surface area (Å²) in [5.74, 6) is -1.83. The predicted octanol–water partition coefficient (Wildman–Crippen LogP) is 4.48. The number of benzene rings is 1. The van der Waals surface area contributed by atoms with Gasteiger partial charge in [-0.1, -0.05) is 12.1 Å². The van der Waals surface area contributed by atoms with Gasteiger partial charge in [-0.2, -0.15) is 13.2 Å². The molecule has 2 aromatic rings. The maximum Gasteiger partial charge on any atom is 0.419 e. The first-order chi connectivity index (χ1) is 16.6. The molecule has 0 spiro atoms. The number of carboxylic acids is 1. The van der Waals surface area contributed by atoms with Crippen LogP contribution in [0.15, 0.2) is 30.3 Å². The van der Waals surface area contributed by atoms with E-state index in [1.807, 2.05) is 6.07 Å². The molecular weight excluding hydrogens is 468 g/mol. The topological polar surface area (TPSA) is 85.8 Å². The van der Waals surface area contributed by atoms with E-state index in [0.29, 0.717) is 38.1 Å². The third kappa shape index (κ3) is 5.66. The molecule has 1 atom stereocenters. The van der Waals surface area contributed by atoms with Crippen molar-refractivity contribution in [2.24, 2.45) is 0 Å². The number of carboxylic acid groups (broad SMARTS) is 1. The zero-order chi connectivity index (χ0) is 25.2. The van der Waals surface area contributed by atoms with Gasteiger partial charge in [-0.15, -0.1) is 0 Å². The van der Waals surface area contributed by atoms with Gasteiger partial charge in [0, 0.05) is 31.9 Å². The lowest BCUT2D eigenvalue weighted by Gasteiger charge is -2.28. The highest BCUT2D eigenvalue weighted by molar-refractivity contribution is 5.78. The van der Waals surface area contributed by atoms with Crippen LogP contribution in [0.4, 0.5) is 28.2 Å². The number of rotatable bonds is 8. The second kappa shape index (κ2) is 10.1. The molecule has 1 fully saturated rings. The Balaban J connectivity index is 1.43. The molecule has 35 heavy (non-hydrogen) atoms. The SMILES string of the molecule is O=C(O)C[C@@H](c1ccc(F)c(C(F)(F)F)c1)N1CCN(CCCc2ccc3c(n2)NCCC3)C1=O. The van der Waals surface area contributed by atoms with Gasteiger partial charge in [0.25, 0.3) is 0 Å². The fourth-order valence-corrected chi connectivity index (χ4v) is 4.60. The average molecular weight is 494 g/mol. The summed E-state index contributed by atoms with van der Waals surface area (Å²) in [6.45, 7) is 1.77. The summed E-state index contributed by atoms with van der Waals surface area (Å²) in [5.41, 5.74) is 0.531. The molecule has 1 aromatic heterocycles. The minimum absolute atomic E-state index is 0.0675. The Hall–Kier alpha value is -3.37. The number of fused-ring (bicyclic) bond motifs is 1. The number of hydrogen-bond donors (Lipinski definition) is 2. The first-order valence-electron chi connectivity index (χ1n) is 11.5. The molecule has 1 saturated heterocycles. The lowest BCUT2D eigenvalue weighted by atomic mass is 9.99. The number of anilines is 1. The van der Waals surface area contributed by atoms with Crippen molar-refractivity contribution in [2.75, 3.05) is 31.5 Å². The number of aryl methyl sites for hydroxylation is 2. The molecule has 3 heterocycles. The summed E-state index contributed by atoms with van der Waals surface area (Å²) in [4.78, 5) is 31.9. The Bertz CT molecular complexity index is 1110. The number of carbonyl (C=O) groups excluding carboxylic acids is 1. The molecule has 188 valence electrons. The maximum absolute atomic E-state index is 13.7. The van der Waals surface area contributed by atoms with Crippen LogP contribution in [-0.4, -0.2) is 58.1 Å². The molecule has 0 aliphatic carbocycles. The van der Waals surface area contributed by atoms with Gasteiger partial charge in [-0.25, -0.2) is 14.2 Å². The van der Waals surface area contributed by atoms with E-state index >= 15 is 0 Å². The predicted molar refractivity (Wildman–Crippen MR) is 119 cm³/mol. The van der Waals surface area contributed by atoms with Gasteiger partial charge in [-0.3, -0.25) is 4.79 Å². The van der Waals surface area contributed by atoms with Crippen LogP contribution < -0.4 is 5.32 Å². The molecule has 2 aliphatic rings. The van der Waals surface area contributed by atoms with Crippen molar-refractivity contribution in [3.63, 3.8) is 0 Å². The zero-order valence-electron chi connectivity index (χ0n) is 18.9. The number of nitrogens with one attached hydrogen (secondary N) is 1. The molecule has 0 bridgehead atoms. The van der Waals surface area contributed by atoms with Crippen molar-refractivity contribution < 1.29 is 32.3 Å². The lowest BCUT2D eigenvalue weighted by Crippen LogP contribution is -2.36. The highest BCUT2D eigenvalue weighted by atomic mass is 19.4. The van der Waals surface area contributed by atoms with Crippen LogP contribution in [0.1, 0.15) is 47.7 Å². The molecule has 2 N–H and O–H groups in total. The summed E-state index contributed by atoms with van der Waals surface area (Å²) >= 11 is 0. The fourth-order valence-electron chi connectivity index (χ4n) is 4.60. The minimum Gasteiger partial charge on any atom is -0.481 e. The third-order valence-electron chi connectivity index (χ3n) is 6.36. The number of aromatic nitrogens is 1. The molecule has 2 aliphatic heterocycles. The molecule has 11 heteroatoms. The Kier molecular flexibility index (Phi) is 7.13. The standard InChI is InChI=1S/C24H26F4N4O3/c25-19-8-6-16(13-18(19)24(26,27)28)20(14-21(33)34)32-12-11-31(23(32)35)10-2-4-17-7-5-15-3-1-9-29-22(15)30-17/h5-8,13,20H,1-4,9-12,14H2,(H,29,30)(H,33,34)/t20-/m0/s1. The molecule has 1 aromatic carbocycles. The highest BCUT2D eigenvalue weighted by Gasteiger charge is 2.38. The van der Waals surface area contributed by atoms with Gasteiger partial charge in [0.2, 0.25) is 0 Å². The van der Waals surface area contributed by atoms with Gasteiger partial charge in [-0.05, 0) is 55.0 Å². The van der Waals surface area contributed by atoms with Crippen molar-refractivity contribution in [1.29, 1.82) is 0 Å². The first kappa shape index (κ1) is 24.7. The Morgan fingerprint density at radius 3 is 2.74 bits per heavy atom. The molecule has 2 amide bonds. The van der Waals surface area contributed by atoms with E-state index in [1.165, 1.54) is 10.5 Å². The molecule has 0 unspecified atom stereocenters. The van der Waals surface area contributed by atoms with Gasteiger partial charge in [0.1, 0.15) is 11.6 Å². The van der Waals surface area contributed by atoms with E-state index in [9.17, 15) is 32.3 Å². The smallest absolute Gasteiger partial charge is 0.419 e. The van der Waals surface area contributed by atoms with Crippen LogP contribution in [-0.2, 0) is 23.8 Å².